The molecule has 100 valence electrons. The zero-order valence-corrected chi connectivity index (χ0v) is 11.5. The van der Waals surface area contributed by atoms with Gasteiger partial charge in [0.05, 0.1) is 12.0 Å². The van der Waals surface area contributed by atoms with Crippen molar-refractivity contribution in [1.82, 2.24) is 15.5 Å². The van der Waals surface area contributed by atoms with Gasteiger partial charge in [0.2, 0.25) is 11.0 Å². The number of ether oxygens (including phenoxy) is 1. The van der Waals surface area contributed by atoms with Crippen molar-refractivity contribution in [2.75, 3.05) is 32.1 Å². The Hall–Kier alpha value is -1.05. The lowest BCUT2D eigenvalue weighted by Gasteiger charge is -2.35. The highest BCUT2D eigenvalue weighted by atomic mass is 32.1. The van der Waals surface area contributed by atoms with Gasteiger partial charge in [-0.25, -0.2) is 0 Å². The van der Waals surface area contributed by atoms with Gasteiger partial charge in [-0.3, -0.25) is 10.1 Å². The van der Waals surface area contributed by atoms with E-state index in [-0.39, 0.29) is 5.91 Å². The summed E-state index contributed by atoms with van der Waals surface area (Å²) in [4.78, 5) is 12.4. The summed E-state index contributed by atoms with van der Waals surface area (Å²) in [6, 6.07) is 0. The molecule has 1 aromatic rings. The summed E-state index contributed by atoms with van der Waals surface area (Å²) >= 11 is 1.39. The average molecular weight is 270 g/mol. The molecule has 2 N–H and O–H groups in total. The number of rotatable bonds is 4. The first kappa shape index (κ1) is 13.4. The number of hydrogen-bond acceptors (Lipinski definition) is 6. The molecule has 6 nitrogen and oxygen atoms in total. The fraction of sp³-hybridized carbons (Fsp3) is 0.727. The lowest BCUT2D eigenvalue weighted by Crippen LogP contribution is -2.47. The maximum Gasteiger partial charge on any atom is 0.234 e. The zero-order chi connectivity index (χ0) is 13.0. The Balaban J connectivity index is 2.08. The topological polar surface area (TPSA) is 76.1 Å². The second-order valence-corrected chi connectivity index (χ2v) is 5.73. The van der Waals surface area contributed by atoms with Crippen LogP contribution in [0.5, 0.6) is 0 Å². The van der Waals surface area contributed by atoms with Crippen molar-refractivity contribution in [3.05, 3.63) is 5.01 Å². The molecule has 1 saturated heterocycles. The monoisotopic (exact) mass is 270 g/mol. The van der Waals surface area contributed by atoms with Crippen LogP contribution in [0, 0.1) is 12.3 Å². The molecule has 1 fully saturated rings. The normalized spacial score (nSPS) is 18.6. The molecule has 0 saturated carbocycles. The Bertz CT molecular complexity index is 409. The third kappa shape index (κ3) is 2.85. The van der Waals surface area contributed by atoms with Crippen LogP contribution in [-0.2, 0) is 9.53 Å². The van der Waals surface area contributed by atoms with E-state index in [0.717, 1.165) is 30.9 Å². The van der Waals surface area contributed by atoms with E-state index in [1.54, 1.807) is 7.11 Å². The van der Waals surface area contributed by atoms with Gasteiger partial charge in [0.15, 0.2) is 0 Å². The first-order chi connectivity index (χ1) is 8.66. The number of aromatic nitrogens is 2. The second kappa shape index (κ2) is 5.73. The minimum Gasteiger partial charge on any atom is -0.384 e. The number of hydrogen-bond donors (Lipinski definition) is 2. The van der Waals surface area contributed by atoms with Gasteiger partial charge in [-0.05, 0) is 32.9 Å². The number of methoxy groups -OCH3 is 1. The summed E-state index contributed by atoms with van der Waals surface area (Å²) in [6.07, 6.45) is 1.56. The van der Waals surface area contributed by atoms with Gasteiger partial charge < -0.3 is 10.1 Å². The molecule has 0 unspecified atom stereocenters. The summed E-state index contributed by atoms with van der Waals surface area (Å²) in [5.41, 5.74) is -0.445. The molecule has 1 amide bonds. The van der Waals surface area contributed by atoms with E-state index >= 15 is 0 Å². The minimum atomic E-state index is -0.445. The second-order valence-electron chi connectivity index (χ2n) is 4.54. The molecule has 1 aromatic heterocycles. The number of piperidine rings is 1. The number of nitrogens with zero attached hydrogens (tertiary/aromatic N) is 2. The van der Waals surface area contributed by atoms with Crippen LogP contribution in [0.2, 0.25) is 0 Å². The Kier molecular flexibility index (Phi) is 4.26. The molecule has 0 bridgehead atoms. The lowest BCUT2D eigenvalue weighted by molar-refractivity contribution is -0.130. The van der Waals surface area contributed by atoms with E-state index in [1.165, 1.54) is 11.3 Å². The van der Waals surface area contributed by atoms with Gasteiger partial charge in [-0.2, -0.15) is 0 Å². The zero-order valence-electron chi connectivity index (χ0n) is 10.7. The molecular formula is C11H18N4O2S. The van der Waals surface area contributed by atoms with Crippen LogP contribution in [0.15, 0.2) is 0 Å². The molecule has 0 atom stereocenters. The van der Waals surface area contributed by atoms with Gasteiger partial charge in [-0.15, -0.1) is 10.2 Å². The molecule has 7 heteroatoms. The number of aryl methyl sites for hydroxylation is 1. The van der Waals surface area contributed by atoms with Crippen LogP contribution < -0.4 is 10.6 Å². The Labute approximate surface area is 110 Å². The number of anilines is 1. The van der Waals surface area contributed by atoms with Crippen LogP contribution in [0.4, 0.5) is 5.13 Å². The summed E-state index contributed by atoms with van der Waals surface area (Å²) in [5.74, 6) is -0.0120. The largest absolute Gasteiger partial charge is 0.384 e. The van der Waals surface area contributed by atoms with Crippen molar-refractivity contribution in [2.24, 2.45) is 5.41 Å². The maximum absolute atomic E-state index is 12.4. The minimum absolute atomic E-state index is 0.0120. The van der Waals surface area contributed by atoms with E-state index in [2.05, 4.69) is 20.8 Å². The SMILES string of the molecule is COCC1(C(=O)Nc2nnc(C)s2)CCNCC1. The van der Waals surface area contributed by atoms with Gasteiger partial charge >= 0.3 is 0 Å². The fourth-order valence-corrected chi connectivity index (χ4v) is 2.78. The molecule has 0 spiro atoms. The van der Waals surface area contributed by atoms with Crippen LogP contribution in [0.1, 0.15) is 17.8 Å². The number of nitrogens with one attached hydrogen (secondary N) is 2. The standard InChI is InChI=1S/C11H18N4O2S/c1-8-14-15-10(18-8)13-9(16)11(7-17-2)3-5-12-6-4-11/h12H,3-7H2,1-2H3,(H,13,15,16). The molecular weight excluding hydrogens is 252 g/mol. The lowest BCUT2D eigenvalue weighted by atomic mass is 9.79. The van der Waals surface area contributed by atoms with Gasteiger partial charge in [0, 0.05) is 7.11 Å². The maximum atomic E-state index is 12.4. The van der Waals surface area contributed by atoms with Crippen LogP contribution in [-0.4, -0.2) is 42.9 Å². The Morgan fingerprint density at radius 2 is 2.22 bits per heavy atom. The summed E-state index contributed by atoms with van der Waals surface area (Å²) in [7, 11) is 1.63. The Morgan fingerprint density at radius 1 is 1.50 bits per heavy atom. The summed E-state index contributed by atoms with van der Waals surface area (Å²) in [5, 5.41) is 15.3. The van der Waals surface area contributed by atoms with Gasteiger partial charge in [0.1, 0.15) is 5.01 Å². The molecule has 1 aliphatic rings. The van der Waals surface area contributed by atoms with Crippen LogP contribution in [0.3, 0.4) is 0 Å². The Morgan fingerprint density at radius 3 is 2.78 bits per heavy atom. The third-order valence-corrected chi connectivity index (χ3v) is 3.96. The predicted molar refractivity (Wildman–Crippen MR) is 69.7 cm³/mol. The number of amides is 1. The number of carbonyl (C=O) groups excluding carboxylic acids is 1. The van der Waals surface area contributed by atoms with E-state index in [1.807, 2.05) is 6.92 Å². The molecule has 1 aliphatic heterocycles. The van der Waals surface area contributed by atoms with E-state index in [4.69, 9.17) is 4.74 Å². The van der Waals surface area contributed by atoms with Crippen molar-refractivity contribution in [3.63, 3.8) is 0 Å². The van der Waals surface area contributed by atoms with E-state index in [9.17, 15) is 4.79 Å². The first-order valence-corrected chi connectivity index (χ1v) is 6.79. The molecule has 0 aromatic carbocycles. The van der Waals surface area contributed by atoms with Crippen LogP contribution >= 0.6 is 11.3 Å². The molecule has 18 heavy (non-hydrogen) atoms. The van der Waals surface area contributed by atoms with Crippen molar-refractivity contribution in [3.8, 4) is 0 Å². The average Bonchev–Trinajstić information content (AvgIpc) is 2.76. The number of carbonyl (C=O) groups is 1. The highest BCUT2D eigenvalue weighted by molar-refractivity contribution is 7.15. The highest BCUT2D eigenvalue weighted by Crippen LogP contribution is 2.31. The van der Waals surface area contributed by atoms with Crippen molar-refractivity contribution in [2.45, 2.75) is 19.8 Å². The first-order valence-electron chi connectivity index (χ1n) is 5.97. The van der Waals surface area contributed by atoms with Crippen molar-refractivity contribution < 1.29 is 9.53 Å². The molecule has 0 radical (unpaired) electrons. The fourth-order valence-electron chi connectivity index (χ4n) is 2.20. The summed E-state index contributed by atoms with van der Waals surface area (Å²) < 4.78 is 5.23. The summed E-state index contributed by atoms with van der Waals surface area (Å²) in [6.45, 7) is 3.99. The van der Waals surface area contributed by atoms with Gasteiger partial charge in [-0.1, -0.05) is 11.3 Å². The van der Waals surface area contributed by atoms with Crippen LogP contribution in [0.25, 0.3) is 0 Å². The molecule has 0 aliphatic carbocycles. The third-order valence-electron chi connectivity index (χ3n) is 3.21. The molecule has 2 rings (SSSR count). The quantitative estimate of drug-likeness (QED) is 0.846. The predicted octanol–water partition coefficient (Wildman–Crippen LogP) is 0.801. The van der Waals surface area contributed by atoms with Crippen molar-refractivity contribution in [1.29, 1.82) is 0 Å². The molecule has 2 heterocycles. The van der Waals surface area contributed by atoms with E-state index < -0.39 is 5.41 Å². The van der Waals surface area contributed by atoms with Gasteiger partial charge in [0.25, 0.3) is 0 Å². The van der Waals surface area contributed by atoms with E-state index in [0.29, 0.717) is 11.7 Å². The smallest absolute Gasteiger partial charge is 0.234 e. The van der Waals surface area contributed by atoms with Crippen molar-refractivity contribution >= 4 is 22.4 Å². The highest BCUT2D eigenvalue weighted by Gasteiger charge is 2.40.